The molecule has 1 atom stereocenters. The third-order valence-electron chi connectivity index (χ3n) is 1.01. The number of carbonyl (C=O) groups is 1. The summed E-state index contributed by atoms with van der Waals surface area (Å²) in [6.45, 7) is -0.601. The van der Waals surface area contributed by atoms with Crippen molar-refractivity contribution in [1.82, 2.24) is 0 Å². The van der Waals surface area contributed by atoms with Crippen LogP contribution in [0.5, 0.6) is 0 Å². The molecule has 0 heterocycles. The van der Waals surface area contributed by atoms with Crippen molar-refractivity contribution in [3.63, 3.8) is 0 Å². The molecule has 6 heteroatoms. The van der Waals surface area contributed by atoms with Crippen LogP contribution in [0.3, 0.4) is 0 Å². The van der Waals surface area contributed by atoms with Crippen molar-refractivity contribution in [3.8, 4) is 0 Å². The Balaban J connectivity index is 4.19. The first-order chi connectivity index (χ1) is 5.10. The van der Waals surface area contributed by atoms with Crippen LogP contribution < -0.4 is 5.90 Å². The fourth-order valence-corrected chi connectivity index (χ4v) is 0.479. The van der Waals surface area contributed by atoms with Crippen molar-refractivity contribution in [2.75, 3.05) is 20.8 Å². The van der Waals surface area contributed by atoms with E-state index in [1.807, 2.05) is 0 Å². The van der Waals surface area contributed by atoms with E-state index in [9.17, 15) is 9.18 Å². The van der Waals surface area contributed by atoms with Crippen LogP contribution in [0.25, 0.3) is 0 Å². The Morgan fingerprint density at radius 3 is 2.45 bits per heavy atom. The molecule has 0 fully saturated rings. The lowest BCUT2D eigenvalue weighted by Gasteiger charge is -2.17. The maximum Gasteiger partial charge on any atom is 0.375 e. The Kier molecular flexibility index (Phi) is 3.94. The zero-order valence-electron chi connectivity index (χ0n) is 6.30. The van der Waals surface area contributed by atoms with Crippen molar-refractivity contribution in [1.29, 1.82) is 0 Å². The van der Waals surface area contributed by atoms with E-state index < -0.39 is 18.4 Å². The number of nitrogens with two attached hydrogens (primary N) is 1. The van der Waals surface area contributed by atoms with Gasteiger partial charge in [0.05, 0.1) is 7.11 Å². The predicted molar refractivity (Wildman–Crippen MR) is 33.0 cm³/mol. The lowest BCUT2D eigenvalue weighted by molar-refractivity contribution is -0.212. The minimum atomic E-state index is -2.70. The van der Waals surface area contributed by atoms with Crippen LogP contribution in [0.2, 0.25) is 0 Å². The van der Waals surface area contributed by atoms with E-state index >= 15 is 0 Å². The minimum absolute atomic E-state index is 0.601. The van der Waals surface area contributed by atoms with Crippen molar-refractivity contribution < 1.29 is 23.5 Å². The molecule has 66 valence electrons. The quantitative estimate of drug-likeness (QED) is 0.445. The second-order valence-corrected chi connectivity index (χ2v) is 1.77. The summed E-state index contributed by atoms with van der Waals surface area (Å²) in [7, 11) is 2.22. The molecule has 0 bridgehead atoms. The molecule has 0 aliphatic carbocycles. The molecule has 0 saturated heterocycles. The highest BCUT2D eigenvalue weighted by Crippen LogP contribution is 2.12. The van der Waals surface area contributed by atoms with Crippen molar-refractivity contribution in [3.05, 3.63) is 0 Å². The number of esters is 1. The number of hydrogen-bond donors (Lipinski definition) is 1. The van der Waals surface area contributed by atoms with Crippen LogP contribution in [0.1, 0.15) is 0 Å². The summed E-state index contributed by atoms with van der Waals surface area (Å²) in [6.07, 6.45) is 0. The molecule has 0 spiro atoms. The number of hydrogen-bond acceptors (Lipinski definition) is 5. The van der Waals surface area contributed by atoms with Crippen molar-refractivity contribution in [2.45, 2.75) is 5.85 Å². The fraction of sp³-hybridized carbons (Fsp3) is 0.800. The normalized spacial score (nSPS) is 15.6. The second kappa shape index (κ2) is 4.22. The summed E-state index contributed by atoms with van der Waals surface area (Å²) in [5.41, 5.74) is 0. The molecule has 0 aromatic rings. The highest BCUT2D eigenvalue weighted by molar-refractivity contribution is 5.77. The van der Waals surface area contributed by atoms with Gasteiger partial charge in [0.2, 0.25) is 0 Å². The maximum atomic E-state index is 13.0. The lowest BCUT2D eigenvalue weighted by atomic mass is 10.3. The summed E-state index contributed by atoms with van der Waals surface area (Å²) in [5.74, 6) is 0.588. The van der Waals surface area contributed by atoms with Gasteiger partial charge < -0.3 is 9.47 Å². The zero-order valence-corrected chi connectivity index (χ0v) is 6.30. The Morgan fingerprint density at radius 1 is 1.64 bits per heavy atom. The van der Waals surface area contributed by atoms with E-state index in [0.29, 0.717) is 0 Å². The summed E-state index contributed by atoms with van der Waals surface area (Å²) in [6, 6.07) is 0. The summed E-state index contributed by atoms with van der Waals surface area (Å²) in [4.78, 5) is 14.3. The molecular weight excluding hydrogens is 157 g/mol. The monoisotopic (exact) mass is 167 g/mol. The van der Waals surface area contributed by atoms with E-state index in [1.54, 1.807) is 0 Å². The SMILES string of the molecule is COCC(F)(ON)C(=O)OC. The Morgan fingerprint density at radius 2 is 2.18 bits per heavy atom. The molecule has 0 radical (unpaired) electrons. The van der Waals surface area contributed by atoms with Crippen LogP contribution in [-0.2, 0) is 19.1 Å². The van der Waals surface area contributed by atoms with E-state index in [4.69, 9.17) is 0 Å². The average Bonchev–Trinajstić information content (AvgIpc) is 2.03. The van der Waals surface area contributed by atoms with Gasteiger partial charge in [0.1, 0.15) is 6.61 Å². The molecule has 2 N–H and O–H groups in total. The number of carbonyl (C=O) groups excluding carboxylic acids is 1. The van der Waals surface area contributed by atoms with Gasteiger partial charge in [-0.1, -0.05) is 0 Å². The molecule has 0 saturated carbocycles. The Hall–Kier alpha value is -0.720. The molecule has 11 heavy (non-hydrogen) atoms. The molecular formula is C5H10FNO4. The molecule has 0 aliphatic heterocycles. The first-order valence-electron chi connectivity index (χ1n) is 2.75. The summed E-state index contributed by atoms with van der Waals surface area (Å²) >= 11 is 0. The van der Waals surface area contributed by atoms with Crippen molar-refractivity contribution in [2.24, 2.45) is 5.90 Å². The van der Waals surface area contributed by atoms with Gasteiger partial charge >= 0.3 is 11.8 Å². The van der Waals surface area contributed by atoms with Gasteiger partial charge in [0.15, 0.2) is 0 Å². The van der Waals surface area contributed by atoms with Gasteiger partial charge in [-0.3, -0.25) is 4.84 Å². The lowest BCUT2D eigenvalue weighted by Crippen LogP contribution is -2.44. The summed E-state index contributed by atoms with van der Waals surface area (Å²) < 4.78 is 21.4. The van der Waals surface area contributed by atoms with Gasteiger partial charge in [-0.05, 0) is 0 Å². The number of rotatable bonds is 4. The number of alkyl halides is 1. The van der Waals surface area contributed by atoms with E-state index in [2.05, 4.69) is 20.2 Å². The Bertz CT molecular complexity index is 142. The van der Waals surface area contributed by atoms with Gasteiger partial charge in [0.25, 0.3) is 0 Å². The Labute approximate surface area is 63.2 Å². The van der Waals surface area contributed by atoms with Crippen molar-refractivity contribution >= 4 is 5.97 Å². The fourth-order valence-electron chi connectivity index (χ4n) is 0.479. The van der Waals surface area contributed by atoms with Gasteiger partial charge in [-0.15, -0.1) is 0 Å². The van der Waals surface area contributed by atoms with Gasteiger partial charge in [0, 0.05) is 7.11 Å². The molecule has 1 unspecified atom stereocenters. The van der Waals surface area contributed by atoms with Crippen LogP contribution in [0.4, 0.5) is 4.39 Å². The smallest absolute Gasteiger partial charge is 0.375 e. The third-order valence-corrected chi connectivity index (χ3v) is 1.01. The highest BCUT2D eigenvalue weighted by atomic mass is 19.2. The van der Waals surface area contributed by atoms with Crippen LogP contribution in [-0.4, -0.2) is 32.7 Å². The summed E-state index contributed by atoms with van der Waals surface area (Å²) in [5, 5.41) is 0. The highest BCUT2D eigenvalue weighted by Gasteiger charge is 2.41. The number of halogens is 1. The third kappa shape index (κ3) is 2.41. The molecule has 0 aromatic heterocycles. The average molecular weight is 167 g/mol. The van der Waals surface area contributed by atoms with Crippen LogP contribution >= 0.6 is 0 Å². The predicted octanol–water partition coefficient (Wildman–Crippen LogP) is -0.638. The van der Waals surface area contributed by atoms with Gasteiger partial charge in [-0.2, -0.15) is 4.39 Å². The zero-order chi connectivity index (χ0) is 8.91. The molecule has 0 aromatic carbocycles. The molecule has 5 nitrogen and oxygen atoms in total. The number of methoxy groups -OCH3 is 2. The van der Waals surface area contributed by atoms with Gasteiger partial charge in [-0.25, -0.2) is 10.7 Å². The van der Waals surface area contributed by atoms with Crippen LogP contribution in [0, 0.1) is 0 Å². The largest absolute Gasteiger partial charge is 0.465 e. The maximum absolute atomic E-state index is 13.0. The molecule has 0 aliphatic rings. The first-order valence-corrected chi connectivity index (χ1v) is 2.75. The topological polar surface area (TPSA) is 70.8 Å². The van der Waals surface area contributed by atoms with E-state index in [1.165, 1.54) is 7.11 Å². The minimum Gasteiger partial charge on any atom is -0.465 e. The molecule has 0 amide bonds. The van der Waals surface area contributed by atoms with Crippen LogP contribution in [0.15, 0.2) is 0 Å². The second-order valence-electron chi connectivity index (χ2n) is 1.77. The molecule has 0 rings (SSSR count). The van der Waals surface area contributed by atoms with E-state index in [0.717, 1.165) is 7.11 Å². The standard InChI is InChI=1S/C5H10FNO4/c1-9-3-5(6,11-7)4(8)10-2/h3,7H2,1-2H3. The first kappa shape index (κ1) is 10.3. The van der Waals surface area contributed by atoms with E-state index in [-0.39, 0.29) is 0 Å². The number of ether oxygens (including phenoxy) is 2.